The SMILES string of the molecule is Cc1cnc(Cl)nc1N1CCC(C(C)(C)C)CC1. The van der Waals surface area contributed by atoms with Gasteiger partial charge < -0.3 is 4.90 Å². The van der Waals surface area contributed by atoms with Crippen LogP contribution in [0.25, 0.3) is 0 Å². The van der Waals surface area contributed by atoms with Crippen LogP contribution in [0.5, 0.6) is 0 Å². The highest BCUT2D eigenvalue weighted by atomic mass is 35.5. The van der Waals surface area contributed by atoms with Gasteiger partial charge in [0.1, 0.15) is 5.82 Å². The molecule has 0 N–H and O–H groups in total. The van der Waals surface area contributed by atoms with Crippen molar-refractivity contribution >= 4 is 17.4 Å². The van der Waals surface area contributed by atoms with Crippen LogP contribution in [-0.2, 0) is 0 Å². The topological polar surface area (TPSA) is 29.0 Å². The van der Waals surface area contributed by atoms with Crippen LogP contribution < -0.4 is 4.90 Å². The van der Waals surface area contributed by atoms with Gasteiger partial charge >= 0.3 is 0 Å². The second kappa shape index (κ2) is 5.04. The fourth-order valence-electron chi connectivity index (χ4n) is 2.69. The monoisotopic (exact) mass is 267 g/mol. The molecule has 1 aromatic rings. The fraction of sp³-hybridized carbons (Fsp3) is 0.714. The van der Waals surface area contributed by atoms with E-state index in [0.717, 1.165) is 30.4 Å². The second-order valence-corrected chi connectivity index (χ2v) is 6.61. The van der Waals surface area contributed by atoms with Gasteiger partial charge in [-0.25, -0.2) is 9.97 Å². The zero-order chi connectivity index (χ0) is 13.3. The molecule has 4 heteroatoms. The number of hydrogen-bond acceptors (Lipinski definition) is 3. The Labute approximate surface area is 115 Å². The van der Waals surface area contributed by atoms with E-state index in [9.17, 15) is 0 Å². The highest BCUT2D eigenvalue weighted by molar-refractivity contribution is 6.28. The van der Waals surface area contributed by atoms with Gasteiger partial charge in [-0.15, -0.1) is 0 Å². The van der Waals surface area contributed by atoms with Gasteiger partial charge in [0.15, 0.2) is 0 Å². The Hall–Kier alpha value is -0.830. The summed E-state index contributed by atoms with van der Waals surface area (Å²) in [4.78, 5) is 10.7. The molecule has 1 fully saturated rings. The molecule has 0 amide bonds. The molecular weight excluding hydrogens is 246 g/mol. The number of halogens is 1. The Balaban J connectivity index is 2.08. The average Bonchev–Trinajstić information content (AvgIpc) is 2.31. The molecule has 0 saturated carbocycles. The first kappa shape index (κ1) is 13.6. The summed E-state index contributed by atoms with van der Waals surface area (Å²) in [6, 6.07) is 0. The van der Waals surface area contributed by atoms with Crippen LogP contribution in [0.3, 0.4) is 0 Å². The number of aromatic nitrogens is 2. The predicted molar refractivity (Wildman–Crippen MR) is 76.2 cm³/mol. The highest BCUT2D eigenvalue weighted by Crippen LogP contribution is 2.35. The molecule has 1 aliphatic heterocycles. The molecule has 1 aromatic heterocycles. The summed E-state index contributed by atoms with van der Waals surface area (Å²) >= 11 is 5.89. The van der Waals surface area contributed by atoms with Crippen LogP contribution in [0.4, 0.5) is 5.82 Å². The maximum Gasteiger partial charge on any atom is 0.224 e. The van der Waals surface area contributed by atoms with Crippen LogP contribution in [0, 0.1) is 18.3 Å². The van der Waals surface area contributed by atoms with E-state index < -0.39 is 0 Å². The van der Waals surface area contributed by atoms with E-state index in [-0.39, 0.29) is 0 Å². The summed E-state index contributed by atoms with van der Waals surface area (Å²) < 4.78 is 0. The summed E-state index contributed by atoms with van der Waals surface area (Å²) in [5, 5.41) is 0.341. The molecule has 2 rings (SSSR count). The second-order valence-electron chi connectivity index (χ2n) is 6.27. The molecule has 0 radical (unpaired) electrons. The van der Waals surface area contributed by atoms with Gasteiger partial charge in [0, 0.05) is 24.8 Å². The van der Waals surface area contributed by atoms with E-state index in [0.29, 0.717) is 10.7 Å². The van der Waals surface area contributed by atoms with Crippen molar-refractivity contribution in [3.05, 3.63) is 17.0 Å². The Kier molecular flexibility index (Phi) is 3.81. The van der Waals surface area contributed by atoms with Gasteiger partial charge in [0.05, 0.1) is 0 Å². The minimum absolute atomic E-state index is 0.341. The summed E-state index contributed by atoms with van der Waals surface area (Å²) in [6.07, 6.45) is 4.26. The number of rotatable bonds is 1. The fourth-order valence-corrected chi connectivity index (χ4v) is 2.82. The predicted octanol–water partition coefficient (Wildman–Crippen LogP) is 3.70. The Morgan fingerprint density at radius 1 is 1.28 bits per heavy atom. The molecule has 0 spiro atoms. The smallest absolute Gasteiger partial charge is 0.224 e. The Morgan fingerprint density at radius 2 is 1.89 bits per heavy atom. The van der Waals surface area contributed by atoms with Crippen LogP contribution in [0.2, 0.25) is 5.28 Å². The molecule has 0 bridgehead atoms. The van der Waals surface area contributed by atoms with Crippen molar-refractivity contribution in [2.24, 2.45) is 11.3 Å². The zero-order valence-electron chi connectivity index (χ0n) is 11.7. The summed E-state index contributed by atoms with van der Waals surface area (Å²) in [5.74, 6) is 1.80. The number of hydrogen-bond donors (Lipinski definition) is 0. The number of aryl methyl sites for hydroxylation is 1. The first-order valence-corrected chi connectivity index (χ1v) is 7.00. The van der Waals surface area contributed by atoms with Crippen LogP contribution >= 0.6 is 11.6 Å². The number of nitrogens with zero attached hydrogens (tertiary/aromatic N) is 3. The number of anilines is 1. The third kappa shape index (κ3) is 2.94. The summed E-state index contributed by atoms with van der Waals surface area (Å²) in [5.41, 5.74) is 1.51. The third-order valence-electron chi connectivity index (χ3n) is 3.93. The molecule has 0 aromatic carbocycles. The molecule has 0 aliphatic carbocycles. The summed E-state index contributed by atoms with van der Waals surface area (Å²) in [7, 11) is 0. The van der Waals surface area contributed by atoms with E-state index in [1.807, 2.05) is 6.92 Å². The lowest BCUT2D eigenvalue weighted by atomic mass is 9.75. The van der Waals surface area contributed by atoms with Crippen LogP contribution in [0.15, 0.2) is 6.20 Å². The molecule has 2 heterocycles. The maximum absolute atomic E-state index is 5.89. The maximum atomic E-state index is 5.89. The lowest BCUT2D eigenvalue weighted by Crippen LogP contribution is -2.38. The van der Waals surface area contributed by atoms with E-state index in [1.165, 1.54) is 12.8 Å². The lowest BCUT2D eigenvalue weighted by Gasteiger charge is -2.39. The minimum Gasteiger partial charge on any atom is -0.356 e. The molecule has 0 unspecified atom stereocenters. The quantitative estimate of drug-likeness (QED) is 0.727. The minimum atomic E-state index is 0.341. The Bertz CT molecular complexity index is 418. The van der Waals surface area contributed by atoms with E-state index in [1.54, 1.807) is 6.20 Å². The van der Waals surface area contributed by atoms with Crippen molar-refractivity contribution in [1.29, 1.82) is 0 Å². The normalized spacial score (nSPS) is 18.2. The molecular formula is C14H22ClN3. The van der Waals surface area contributed by atoms with Gasteiger partial charge in [-0.3, -0.25) is 0 Å². The average molecular weight is 268 g/mol. The summed E-state index contributed by atoms with van der Waals surface area (Å²) in [6.45, 7) is 11.2. The van der Waals surface area contributed by atoms with Crippen molar-refractivity contribution in [3.63, 3.8) is 0 Å². The first-order chi connectivity index (χ1) is 8.38. The first-order valence-electron chi connectivity index (χ1n) is 6.62. The molecule has 0 atom stereocenters. The van der Waals surface area contributed by atoms with Gasteiger partial charge in [0.25, 0.3) is 0 Å². The van der Waals surface area contributed by atoms with Crippen LogP contribution in [-0.4, -0.2) is 23.1 Å². The Morgan fingerprint density at radius 3 is 2.44 bits per heavy atom. The van der Waals surface area contributed by atoms with Crippen molar-refractivity contribution < 1.29 is 0 Å². The van der Waals surface area contributed by atoms with Gasteiger partial charge in [0.2, 0.25) is 5.28 Å². The largest absolute Gasteiger partial charge is 0.356 e. The van der Waals surface area contributed by atoms with Gasteiger partial charge in [-0.2, -0.15) is 0 Å². The van der Waals surface area contributed by atoms with Gasteiger partial charge in [-0.05, 0) is 42.7 Å². The van der Waals surface area contributed by atoms with Crippen molar-refractivity contribution in [3.8, 4) is 0 Å². The standard InChI is InChI=1S/C14H22ClN3/c1-10-9-16-13(15)17-12(10)18-7-5-11(6-8-18)14(2,3)4/h9,11H,5-8H2,1-4H3. The van der Waals surface area contributed by atoms with E-state index >= 15 is 0 Å². The molecule has 1 aliphatic rings. The lowest BCUT2D eigenvalue weighted by molar-refractivity contribution is 0.198. The van der Waals surface area contributed by atoms with Gasteiger partial charge in [-0.1, -0.05) is 20.8 Å². The van der Waals surface area contributed by atoms with Crippen LogP contribution in [0.1, 0.15) is 39.2 Å². The number of piperidine rings is 1. The highest BCUT2D eigenvalue weighted by Gasteiger charge is 2.29. The van der Waals surface area contributed by atoms with E-state index in [4.69, 9.17) is 11.6 Å². The third-order valence-corrected chi connectivity index (χ3v) is 4.12. The van der Waals surface area contributed by atoms with Crippen molar-refractivity contribution in [1.82, 2.24) is 9.97 Å². The molecule has 100 valence electrons. The zero-order valence-corrected chi connectivity index (χ0v) is 12.5. The molecule has 18 heavy (non-hydrogen) atoms. The van der Waals surface area contributed by atoms with E-state index in [2.05, 4.69) is 35.6 Å². The van der Waals surface area contributed by atoms with Crippen molar-refractivity contribution in [2.75, 3.05) is 18.0 Å². The van der Waals surface area contributed by atoms with Crippen molar-refractivity contribution in [2.45, 2.75) is 40.5 Å². The molecule has 1 saturated heterocycles. The molecule has 3 nitrogen and oxygen atoms in total.